The van der Waals surface area contributed by atoms with E-state index in [0.29, 0.717) is 0 Å². The number of benzene rings is 1. The Labute approximate surface area is 123 Å². The largest absolute Gasteiger partial charge is 0.480 e. The maximum atomic E-state index is 5.06. The predicted molar refractivity (Wildman–Crippen MR) is 92.1 cm³/mol. The summed E-state index contributed by atoms with van der Waals surface area (Å²) in [4.78, 5) is 0. The molecule has 0 aliphatic rings. The molecular formula is C17H33OP. The summed E-state index contributed by atoms with van der Waals surface area (Å²) in [5.41, 5.74) is 2.55. The van der Waals surface area contributed by atoms with Crippen molar-refractivity contribution < 1.29 is 5.95 Å². The fourth-order valence-corrected chi connectivity index (χ4v) is 2.18. The average molecular weight is 284 g/mol. The van der Waals surface area contributed by atoms with Crippen LogP contribution in [0.1, 0.15) is 71.8 Å². The zero-order valence-electron chi connectivity index (χ0n) is 13.2. The van der Waals surface area contributed by atoms with E-state index in [2.05, 4.69) is 49.3 Å². The molecule has 1 atom stereocenters. The van der Waals surface area contributed by atoms with Crippen molar-refractivity contribution in [2.45, 2.75) is 72.6 Å². The molecule has 0 N–H and O–H groups in total. The van der Waals surface area contributed by atoms with Crippen LogP contribution in [-0.4, -0.2) is 0 Å². The van der Waals surface area contributed by atoms with Crippen molar-refractivity contribution in [1.82, 2.24) is 0 Å². The summed E-state index contributed by atoms with van der Waals surface area (Å²) < 4.78 is 5.06. The second-order valence-electron chi connectivity index (χ2n) is 4.99. The van der Waals surface area contributed by atoms with Gasteiger partial charge < -0.3 is 4.52 Å². The van der Waals surface area contributed by atoms with E-state index in [1.807, 2.05) is 6.07 Å². The Balaban J connectivity index is 0. The van der Waals surface area contributed by atoms with E-state index in [-0.39, 0.29) is 1.43 Å². The Morgan fingerprint density at radius 3 is 1.95 bits per heavy atom. The molecule has 0 saturated carbocycles. The third-order valence-electron chi connectivity index (χ3n) is 3.23. The van der Waals surface area contributed by atoms with Crippen LogP contribution in [0.5, 0.6) is 5.75 Å². The third kappa shape index (κ3) is 9.05. The molecule has 0 amide bonds. The van der Waals surface area contributed by atoms with Gasteiger partial charge in [-0.05, 0) is 30.5 Å². The maximum absolute atomic E-state index is 5.06. The molecule has 1 aromatic rings. The van der Waals surface area contributed by atoms with E-state index >= 15 is 0 Å². The van der Waals surface area contributed by atoms with Gasteiger partial charge in [0.05, 0.1) is 9.47 Å². The SMILES string of the molecule is CCCCCCCC.CCc1ccc(OP)c(C)c1.[HH]. The molecule has 19 heavy (non-hydrogen) atoms. The van der Waals surface area contributed by atoms with E-state index in [1.165, 1.54) is 49.7 Å². The molecule has 1 aromatic carbocycles. The molecule has 0 aromatic heterocycles. The van der Waals surface area contributed by atoms with Crippen LogP contribution in [0.3, 0.4) is 0 Å². The van der Waals surface area contributed by atoms with Crippen molar-refractivity contribution in [2.75, 3.05) is 0 Å². The molecule has 0 aliphatic carbocycles. The highest BCUT2D eigenvalue weighted by atomic mass is 31.0. The van der Waals surface area contributed by atoms with Crippen molar-refractivity contribution >= 4 is 9.47 Å². The number of hydrogen-bond donors (Lipinski definition) is 0. The zero-order chi connectivity index (χ0) is 14.5. The summed E-state index contributed by atoms with van der Waals surface area (Å²) in [7, 11) is 2.26. The zero-order valence-corrected chi connectivity index (χ0v) is 14.3. The van der Waals surface area contributed by atoms with Gasteiger partial charge >= 0.3 is 0 Å². The van der Waals surface area contributed by atoms with Gasteiger partial charge in [-0.2, -0.15) is 0 Å². The first kappa shape index (κ1) is 18.4. The quantitative estimate of drug-likeness (QED) is 0.419. The Kier molecular flexibility index (Phi) is 12.1. The third-order valence-corrected chi connectivity index (χ3v) is 3.49. The summed E-state index contributed by atoms with van der Waals surface area (Å²) in [5.74, 6) is 0.937. The van der Waals surface area contributed by atoms with Crippen LogP contribution in [-0.2, 0) is 6.42 Å². The van der Waals surface area contributed by atoms with E-state index in [1.54, 1.807) is 0 Å². The highest BCUT2D eigenvalue weighted by molar-refractivity contribution is 7.10. The van der Waals surface area contributed by atoms with Crippen LogP contribution in [0.4, 0.5) is 0 Å². The fraction of sp³-hybridized carbons (Fsp3) is 0.647. The van der Waals surface area contributed by atoms with Crippen molar-refractivity contribution in [3.63, 3.8) is 0 Å². The van der Waals surface area contributed by atoms with Gasteiger partial charge in [-0.3, -0.25) is 0 Å². The maximum Gasteiger partial charge on any atom is 0.125 e. The number of aryl methyl sites for hydroxylation is 2. The smallest absolute Gasteiger partial charge is 0.125 e. The topological polar surface area (TPSA) is 9.23 Å². The van der Waals surface area contributed by atoms with Crippen LogP contribution in [0, 0.1) is 6.92 Å². The predicted octanol–water partition coefficient (Wildman–Crippen LogP) is 6.34. The van der Waals surface area contributed by atoms with Crippen LogP contribution in [0.25, 0.3) is 0 Å². The lowest BCUT2D eigenvalue weighted by Crippen LogP contribution is -1.84. The second-order valence-corrected chi connectivity index (χ2v) is 5.22. The molecule has 112 valence electrons. The number of hydrogen-bond acceptors (Lipinski definition) is 1. The van der Waals surface area contributed by atoms with Crippen LogP contribution in [0.2, 0.25) is 0 Å². The minimum absolute atomic E-state index is 0. The molecule has 1 nitrogen and oxygen atoms in total. The van der Waals surface area contributed by atoms with E-state index in [0.717, 1.165) is 12.2 Å². The molecule has 0 fully saturated rings. The van der Waals surface area contributed by atoms with Gasteiger partial charge in [0.25, 0.3) is 0 Å². The van der Waals surface area contributed by atoms with Gasteiger partial charge in [0.15, 0.2) is 0 Å². The van der Waals surface area contributed by atoms with Gasteiger partial charge in [0.2, 0.25) is 0 Å². The van der Waals surface area contributed by atoms with Crippen molar-refractivity contribution in [3.05, 3.63) is 29.3 Å². The fourth-order valence-electron chi connectivity index (χ4n) is 1.92. The number of unbranched alkanes of at least 4 members (excludes halogenated alkanes) is 5. The molecule has 0 heterocycles. The summed E-state index contributed by atoms with van der Waals surface area (Å²) in [5, 5.41) is 0. The summed E-state index contributed by atoms with van der Waals surface area (Å²) in [6.45, 7) is 8.71. The van der Waals surface area contributed by atoms with Gasteiger partial charge in [-0.15, -0.1) is 0 Å². The standard InChI is InChI=1S/C9H13OP.C8H18.H2/c1-3-8-4-5-9(10-11)7(2)6-8;1-3-5-7-8-6-4-2;/h4-6H,3,11H2,1-2H3;3-8H2,1-2H3;1H. The van der Waals surface area contributed by atoms with E-state index < -0.39 is 0 Å². The summed E-state index contributed by atoms with van der Waals surface area (Å²) >= 11 is 0. The van der Waals surface area contributed by atoms with Crippen LogP contribution >= 0.6 is 9.47 Å². The van der Waals surface area contributed by atoms with Gasteiger partial charge in [0, 0.05) is 1.43 Å². The first-order valence-electron chi connectivity index (χ1n) is 7.65. The molecule has 1 unspecified atom stereocenters. The molecule has 2 heteroatoms. The second kappa shape index (κ2) is 12.5. The monoisotopic (exact) mass is 284 g/mol. The number of rotatable bonds is 7. The summed E-state index contributed by atoms with van der Waals surface area (Å²) in [6, 6.07) is 6.24. The minimum atomic E-state index is 0. The van der Waals surface area contributed by atoms with E-state index in [4.69, 9.17) is 4.52 Å². The highest BCUT2D eigenvalue weighted by Gasteiger charge is 1.97. The van der Waals surface area contributed by atoms with Crippen molar-refractivity contribution in [1.29, 1.82) is 0 Å². The molecule has 1 rings (SSSR count). The highest BCUT2D eigenvalue weighted by Crippen LogP contribution is 2.20. The molecule has 0 bridgehead atoms. The molecule has 0 aliphatic heterocycles. The van der Waals surface area contributed by atoms with Crippen LogP contribution in [0.15, 0.2) is 18.2 Å². The summed E-state index contributed by atoms with van der Waals surface area (Å²) in [6.07, 6.45) is 9.57. The van der Waals surface area contributed by atoms with E-state index in [9.17, 15) is 0 Å². The lowest BCUT2D eigenvalue weighted by atomic mass is 10.1. The van der Waals surface area contributed by atoms with Gasteiger partial charge in [-0.1, -0.05) is 71.4 Å². The van der Waals surface area contributed by atoms with Crippen molar-refractivity contribution in [3.8, 4) is 5.75 Å². The average Bonchev–Trinajstić information content (AvgIpc) is 2.44. The Morgan fingerprint density at radius 1 is 1.00 bits per heavy atom. The Morgan fingerprint density at radius 2 is 1.58 bits per heavy atom. The first-order chi connectivity index (χ1) is 9.19. The van der Waals surface area contributed by atoms with Gasteiger partial charge in [0.1, 0.15) is 5.75 Å². The molecule has 0 spiro atoms. The first-order valence-corrected chi connectivity index (χ1v) is 8.12. The van der Waals surface area contributed by atoms with Crippen LogP contribution < -0.4 is 4.52 Å². The Hall–Kier alpha value is -0.550. The Bertz CT molecular complexity index is 323. The minimum Gasteiger partial charge on any atom is -0.480 e. The van der Waals surface area contributed by atoms with Gasteiger partial charge in [-0.25, -0.2) is 0 Å². The molecular weight excluding hydrogens is 251 g/mol. The molecule has 0 radical (unpaired) electrons. The lowest BCUT2D eigenvalue weighted by Gasteiger charge is -2.04. The normalized spacial score (nSPS) is 9.74. The van der Waals surface area contributed by atoms with Crippen molar-refractivity contribution in [2.24, 2.45) is 0 Å². The molecule has 0 saturated heterocycles. The lowest BCUT2D eigenvalue weighted by molar-refractivity contribution is 0.624.